The third kappa shape index (κ3) is 5.18. The smallest absolute Gasteiger partial charge is 0.268 e. The third-order valence-corrected chi connectivity index (χ3v) is 5.15. The van der Waals surface area contributed by atoms with Gasteiger partial charge in [-0.05, 0) is 24.1 Å². The Kier molecular flexibility index (Phi) is 7.46. The van der Waals surface area contributed by atoms with Gasteiger partial charge in [0.25, 0.3) is 5.91 Å². The first-order valence-electron chi connectivity index (χ1n) is 9.74. The van der Waals surface area contributed by atoms with Gasteiger partial charge in [0.1, 0.15) is 11.5 Å². The predicted octanol–water partition coefficient (Wildman–Crippen LogP) is 3.38. The summed E-state index contributed by atoms with van der Waals surface area (Å²) in [4.78, 5) is 19.9. The van der Waals surface area contributed by atoms with Crippen molar-refractivity contribution < 1.29 is 15.0 Å². The van der Waals surface area contributed by atoms with Crippen LogP contribution in [0.1, 0.15) is 35.4 Å². The molecule has 8 heteroatoms. The van der Waals surface area contributed by atoms with Gasteiger partial charge in [-0.15, -0.1) is 0 Å². The second kappa shape index (κ2) is 10.2. The van der Waals surface area contributed by atoms with Crippen LogP contribution in [0.2, 0.25) is 5.02 Å². The van der Waals surface area contributed by atoms with E-state index in [0.717, 1.165) is 17.5 Å². The number of hydrogen-bond donors (Lipinski definition) is 5. The Morgan fingerprint density at radius 2 is 1.97 bits per heavy atom. The lowest BCUT2D eigenvalue weighted by atomic mass is 10.1. The molecule has 0 radical (unpaired) electrons. The number of nitrogens with zero attached hydrogens (tertiary/aromatic N) is 1. The zero-order valence-corrected chi connectivity index (χ0v) is 17.4. The second-order valence-electron chi connectivity index (χ2n) is 6.90. The second-order valence-corrected chi connectivity index (χ2v) is 7.31. The van der Waals surface area contributed by atoms with E-state index in [9.17, 15) is 15.0 Å². The summed E-state index contributed by atoms with van der Waals surface area (Å²) in [7, 11) is 0. The van der Waals surface area contributed by atoms with Gasteiger partial charge in [-0.25, -0.2) is 4.98 Å². The third-order valence-electron chi connectivity index (χ3n) is 4.85. The molecule has 0 unspecified atom stereocenters. The molecular weight excluding hydrogens is 404 g/mol. The molecule has 0 aliphatic carbocycles. The van der Waals surface area contributed by atoms with Crippen LogP contribution in [0.3, 0.4) is 0 Å². The van der Waals surface area contributed by atoms with Gasteiger partial charge in [0, 0.05) is 23.5 Å². The summed E-state index contributed by atoms with van der Waals surface area (Å²) in [6, 6.07) is 12.2. The Balaban J connectivity index is 1.78. The van der Waals surface area contributed by atoms with E-state index in [-0.39, 0.29) is 25.2 Å². The number of carbonyl (C=O) groups is 1. The molecule has 0 bridgehead atoms. The highest BCUT2D eigenvalue weighted by Crippen LogP contribution is 2.30. The minimum Gasteiger partial charge on any atom is -0.394 e. The highest BCUT2D eigenvalue weighted by Gasteiger charge is 2.17. The van der Waals surface area contributed by atoms with E-state index in [2.05, 4.69) is 20.6 Å². The number of benzene rings is 1. The molecule has 1 amide bonds. The topological polar surface area (TPSA) is 110 Å². The Morgan fingerprint density at radius 3 is 2.63 bits per heavy atom. The summed E-state index contributed by atoms with van der Waals surface area (Å²) in [6.07, 6.45) is 3.98. The number of anilines is 1. The molecule has 0 saturated heterocycles. The van der Waals surface area contributed by atoms with E-state index in [4.69, 9.17) is 11.6 Å². The number of hydrogen-bond acceptors (Lipinski definition) is 5. The van der Waals surface area contributed by atoms with Crippen LogP contribution < -0.4 is 10.6 Å². The first-order valence-corrected chi connectivity index (χ1v) is 10.1. The molecule has 0 aliphatic rings. The van der Waals surface area contributed by atoms with Crippen molar-refractivity contribution in [1.29, 1.82) is 0 Å². The molecule has 1 aromatic carbocycles. The molecule has 5 N–H and O–H groups in total. The summed E-state index contributed by atoms with van der Waals surface area (Å²) in [5, 5.41) is 25.5. The Labute approximate surface area is 180 Å². The standard InChI is InChI=1S/C22H25ClN4O3/c1-2-16(12-28)26-21-9-17(18(23)11-25-21)15-8-19(24-10-15)22(30)27-20(13-29)14-6-4-3-5-7-14/h3-11,16,20,24,28-29H,2,12-13H2,1H3,(H,25,26)(H,27,30)/t16-,20+/m0/s1. The molecule has 2 atom stereocenters. The lowest BCUT2D eigenvalue weighted by molar-refractivity contribution is 0.0911. The molecule has 7 nitrogen and oxygen atoms in total. The lowest BCUT2D eigenvalue weighted by Gasteiger charge is -2.16. The van der Waals surface area contributed by atoms with E-state index < -0.39 is 6.04 Å². The highest BCUT2D eigenvalue weighted by molar-refractivity contribution is 6.33. The van der Waals surface area contributed by atoms with Gasteiger partial charge >= 0.3 is 0 Å². The van der Waals surface area contributed by atoms with Crippen LogP contribution in [-0.2, 0) is 0 Å². The number of aliphatic hydroxyl groups excluding tert-OH is 2. The van der Waals surface area contributed by atoms with Crippen molar-refractivity contribution in [3.05, 3.63) is 71.1 Å². The van der Waals surface area contributed by atoms with Gasteiger partial charge in [-0.2, -0.15) is 0 Å². The van der Waals surface area contributed by atoms with Crippen molar-refractivity contribution in [1.82, 2.24) is 15.3 Å². The van der Waals surface area contributed by atoms with Gasteiger partial charge in [-0.1, -0.05) is 48.9 Å². The van der Waals surface area contributed by atoms with Crippen LogP contribution in [0.25, 0.3) is 11.1 Å². The number of H-pyrrole nitrogens is 1. The average Bonchev–Trinajstić information content (AvgIpc) is 3.27. The van der Waals surface area contributed by atoms with Gasteiger partial charge in [0.05, 0.1) is 30.3 Å². The van der Waals surface area contributed by atoms with Crippen LogP contribution in [0.4, 0.5) is 5.82 Å². The lowest BCUT2D eigenvalue weighted by Crippen LogP contribution is -2.30. The summed E-state index contributed by atoms with van der Waals surface area (Å²) < 4.78 is 0. The molecule has 0 spiro atoms. The number of halogens is 1. The molecule has 2 heterocycles. The van der Waals surface area contributed by atoms with Crippen molar-refractivity contribution in [3.8, 4) is 11.1 Å². The van der Waals surface area contributed by atoms with Crippen LogP contribution in [0, 0.1) is 0 Å². The number of amides is 1. The summed E-state index contributed by atoms with van der Waals surface area (Å²) in [5.74, 6) is 0.255. The molecule has 3 rings (SSSR count). The van der Waals surface area contributed by atoms with E-state index >= 15 is 0 Å². The van der Waals surface area contributed by atoms with Gasteiger partial charge in [0.15, 0.2) is 0 Å². The minimum absolute atomic E-state index is 0.00193. The number of pyridine rings is 1. The Bertz CT molecular complexity index is 974. The minimum atomic E-state index is -0.504. The number of aromatic nitrogens is 2. The van der Waals surface area contributed by atoms with Crippen molar-refractivity contribution in [2.24, 2.45) is 0 Å². The summed E-state index contributed by atoms with van der Waals surface area (Å²) in [6.45, 7) is 1.76. The van der Waals surface area contributed by atoms with E-state index in [0.29, 0.717) is 22.1 Å². The Morgan fingerprint density at radius 1 is 1.20 bits per heavy atom. The van der Waals surface area contributed by atoms with Crippen molar-refractivity contribution in [2.45, 2.75) is 25.4 Å². The molecular formula is C22H25ClN4O3. The van der Waals surface area contributed by atoms with E-state index in [1.165, 1.54) is 6.20 Å². The van der Waals surface area contributed by atoms with E-state index in [1.807, 2.05) is 37.3 Å². The first kappa shape index (κ1) is 21.8. The first-order chi connectivity index (χ1) is 14.5. The zero-order chi connectivity index (χ0) is 21.5. The molecule has 0 aliphatic heterocycles. The van der Waals surface area contributed by atoms with Crippen LogP contribution in [-0.4, -0.2) is 45.3 Å². The predicted molar refractivity (Wildman–Crippen MR) is 118 cm³/mol. The number of rotatable bonds is 9. The van der Waals surface area contributed by atoms with Crippen LogP contribution in [0.5, 0.6) is 0 Å². The van der Waals surface area contributed by atoms with Gasteiger partial charge < -0.3 is 25.8 Å². The molecule has 0 fully saturated rings. The molecule has 0 saturated carbocycles. The number of carbonyl (C=O) groups excluding carboxylic acids is 1. The highest BCUT2D eigenvalue weighted by atomic mass is 35.5. The number of aliphatic hydroxyl groups is 2. The van der Waals surface area contributed by atoms with Crippen LogP contribution in [0.15, 0.2) is 54.9 Å². The van der Waals surface area contributed by atoms with Crippen molar-refractivity contribution >= 4 is 23.3 Å². The maximum Gasteiger partial charge on any atom is 0.268 e. The maximum absolute atomic E-state index is 12.7. The maximum atomic E-state index is 12.7. The van der Waals surface area contributed by atoms with Crippen molar-refractivity contribution in [3.63, 3.8) is 0 Å². The number of aromatic amines is 1. The average molecular weight is 429 g/mol. The quantitative estimate of drug-likeness (QED) is 0.359. The monoisotopic (exact) mass is 428 g/mol. The molecule has 2 aromatic heterocycles. The normalized spacial score (nSPS) is 12.9. The SMILES string of the molecule is CC[C@@H](CO)Nc1cc(-c2c[nH]c(C(=O)N[C@H](CO)c3ccccc3)c2)c(Cl)cn1. The Hall–Kier alpha value is -2.87. The van der Waals surface area contributed by atoms with Gasteiger partial charge in [0.2, 0.25) is 0 Å². The van der Waals surface area contributed by atoms with Gasteiger partial charge in [-0.3, -0.25) is 4.79 Å². The van der Waals surface area contributed by atoms with E-state index in [1.54, 1.807) is 18.3 Å². The van der Waals surface area contributed by atoms with Crippen molar-refractivity contribution in [2.75, 3.05) is 18.5 Å². The summed E-state index contributed by atoms with van der Waals surface area (Å²) in [5.41, 5.74) is 2.61. The molecule has 30 heavy (non-hydrogen) atoms. The van der Waals surface area contributed by atoms with Crippen LogP contribution >= 0.6 is 11.6 Å². The fourth-order valence-corrected chi connectivity index (χ4v) is 3.27. The summed E-state index contributed by atoms with van der Waals surface area (Å²) >= 11 is 6.32. The largest absolute Gasteiger partial charge is 0.394 e. The number of nitrogens with one attached hydrogen (secondary N) is 3. The fraction of sp³-hybridized carbons (Fsp3) is 0.273. The fourth-order valence-electron chi connectivity index (χ4n) is 3.06. The zero-order valence-electron chi connectivity index (χ0n) is 16.6. The molecule has 3 aromatic rings. The molecule has 158 valence electrons.